The van der Waals surface area contributed by atoms with E-state index >= 15 is 0 Å². The Bertz CT molecular complexity index is 891. The van der Waals surface area contributed by atoms with E-state index in [1.807, 2.05) is 30.3 Å². The molecule has 0 aromatic heterocycles. The van der Waals surface area contributed by atoms with Gasteiger partial charge in [-0.15, -0.1) is 0 Å². The second-order valence-electron chi connectivity index (χ2n) is 6.71. The maximum atomic E-state index is 5.96. The predicted octanol–water partition coefficient (Wildman–Crippen LogP) is 4.88. The molecule has 0 heterocycles. The van der Waals surface area contributed by atoms with Crippen molar-refractivity contribution in [1.29, 1.82) is 0 Å². The molecule has 0 spiro atoms. The Morgan fingerprint density at radius 1 is 0.714 bits per heavy atom. The quantitative estimate of drug-likeness (QED) is 0.577. The van der Waals surface area contributed by atoms with Crippen molar-refractivity contribution >= 4 is 0 Å². The topological polar surface area (TPSA) is 39.7 Å². The lowest BCUT2D eigenvalue weighted by Crippen LogP contribution is -2.12. The van der Waals surface area contributed by atoms with Crippen LogP contribution in [0.25, 0.3) is 0 Å². The molecule has 0 saturated heterocycles. The van der Waals surface area contributed by atoms with Crippen LogP contribution in [-0.2, 0) is 19.7 Å². The number of hydrogen-bond donors (Lipinski definition) is 1. The Morgan fingerprint density at radius 3 is 2.18 bits per heavy atom. The molecule has 3 aromatic carbocycles. The molecule has 146 valence electrons. The molecule has 0 fully saturated rings. The van der Waals surface area contributed by atoms with E-state index in [1.54, 1.807) is 14.2 Å². The Balaban J connectivity index is 1.55. The van der Waals surface area contributed by atoms with E-state index in [0.29, 0.717) is 6.61 Å². The minimum atomic E-state index is 0.521. The van der Waals surface area contributed by atoms with Crippen molar-refractivity contribution < 1.29 is 14.2 Å². The van der Waals surface area contributed by atoms with Crippen LogP contribution < -0.4 is 19.5 Å². The lowest BCUT2D eigenvalue weighted by atomic mass is 10.1. The molecule has 0 saturated carbocycles. The van der Waals surface area contributed by atoms with Gasteiger partial charge < -0.3 is 19.5 Å². The maximum Gasteiger partial charge on any atom is 0.161 e. The van der Waals surface area contributed by atoms with E-state index in [9.17, 15) is 0 Å². The third kappa shape index (κ3) is 5.51. The number of hydrogen-bond acceptors (Lipinski definition) is 4. The van der Waals surface area contributed by atoms with E-state index in [1.165, 1.54) is 11.1 Å². The SMILES string of the molecule is COc1ccc(CNCc2ccc(OCc3cccc(C)c3)c(OC)c2)cc1. The highest BCUT2D eigenvalue weighted by Gasteiger charge is 2.07. The largest absolute Gasteiger partial charge is 0.497 e. The Labute approximate surface area is 167 Å². The molecule has 0 atom stereocenters. The summed E-state index contributed by atoms with van der Waals surface area (Å²) in [5.41, 5.74) is 4.73. The van der Waals surface area contributed by atoms with Crippen LogP contribution >= 0.6 is 0 Å². The first-order valence-electron chi connectivity index (χ1n) is 9.37. The minimum absolute atomic E-state index is 0.521. The van der Waals surface area contributed by atoms with Crippen LogP contribution in [0.4, 0.5) is 0 Å². The van der Waals surface area contributed by atoms with Gasteiger partial charge in [0.1, 0.15) is 12.4 Å². The van der Waals surface area contributed by atoms with E-state index in [2.05, 4.69) is 48.6 Å². The molecule has 0 radical (unpaired) electrons. The highest BCUT2D eigenvalue weighted by Crippen LogP contribution is 2.29. The fourth-order valence-corrected chi connectivity index (χ4v) is 3.00. The molecule has 0 aliphatic carbocycles. The zero-order chi connectivity index (χ0) is 19.8. The second-order valence-corrected chi connectivity index (χ2v) is 6.71. The fourth-order valence-electron chi connectivity index (χ4n) is 3.00. The van der Waals surface area contributed by atoms with E-state index in [-0.39, 0.29) is 0 Å². The normalized spacial score (nSPS) is 10.5. The first kappa shape index (κ1) is 19.8. The third-order valence-electron chi connectivity index (χ3n) is 4.52. The van der Waals surface area contributed by atoms with Crippen LogP contribution in [0.15, 0.2) is 66.7 Å². The van der Waals surface area contributed by atoms with Gasteiger partial charge >= 0.3 is 0 Å². The lowest BCUT2D eigenvalue weighted by molar-refractivity contribution is 0.284. The molecular weight excluding hydrogens is 350 g/mol. The highest BCUT2D eigenvalue weighted by atomic mass is 16.5. The molecule has 28 heavy (non-hydrogen) atoms. The van der Waals surface area contributed by atoms with Crippen molar-refractivity contribution in [2.45, 2.75) is 26.6 Å². The first-order valence-corrected chi connectivity index (χ1v) is 9.37. The van der Waals surface area contributed by atoms with E-state index in [4.69, 9.17) is 14.2 Å². The number of nitrogens with one attached hydrogen (secondary N) is 1. The summed E-state index contributed by atoms with van der Waals surface area (Å²) in [4.78, 5) is 0. The van der Waals surface area contributed by atoms with Gasteiger partial charge in [-0.05, 0) is 47.9 Å². The number of benzene rings is 3. The molecule has 0 aliphatic rings. The van der Waals surface area contributed by atoms with Gasteiger partial charge in [-0.3, -0.25) is 0 Å². The van der Waals surface area contributed by atoms with Gasteiger partial charge in [0.15, 0.2) is 11.5 Å². The number of rotatable bonds is 9. The van der Waals surface area contributed by atoms with Gasteiger partial charge in [0, 0.05) is 13.1 Å². The molecule has 3 rings (SSSR count). The summed E-state index contributed by atoms with van der Waals surface area (Å²) in [5, 5.41) is 3.45. The zero-order valence-electron chi connectivity index (χ0n) is 16.7. The van der Waals surface area contributed by atoms with Crippen molar-refractivity contribution in [3.05, 3.63) is 89.0 Å². The number of methoxy groups -OCH3 is 2. The van der Waals surface area contributed by atoms with Crippen LogP contribution in [0.2, 0.25) is 0 Å². The summed E-state index contributed by atoms with van der Waals surface area (Å²) in [7, 11) is 3.35. The predicted molar refractivity (Wildman–Crippen MR) is 112 cm³/mol. The van der Waals surface area contributed by atoms with Crippen molar-refractivity contribution in [2.24, 2.45) is 0 Å². The molecule has 0 unspecified atom stereocenters. The molecule has 3 aromatic rings. The van der Waals surface area contributed by atoms with Gasteiger partial charge in [-0.25, -0.2) is 0 Å². The zero-order valence-corrected chi connectivity index (χ0v) is 16.7. The van der Waals surface area contributed by atoms with E-state index in [0.717, 1.165) is 41.5 Å². The highest BCUT2D eigenvalue weighted by molar-refractivity contribution is 5.43. The molecule has 1 N–H and O–H groups in total. The maximum absolute atomic E-state index is 5.96. The molecular formula is C24H27NO3. The van der Waals surface area contributed by atoms with Crippen LogP contribution in [0, 0.1) is 6.92 Å². The minimum Gasteiger partial charge on any atom is -0.497 e. The smallest absolute Gasteiger partial charge is 0.161 e. The standard InChI is InChI=1S/C24H27NO3/c1-18-5-4-6-21(13-18)17-28-23-12-9-20(14-24(23)27-3)16-25-15-19-7-10-22(26-2)11-8-19/h4-14,25H,15-17H2,1-3H3. The summed E-state index contributed by atoms with van der Waals surface area (Å²) in [6, 6.07) is 22.5. The summed E-state index contributed by atoms with van der Waals surface area (Å²) in [6.45, 7) is 4.14. The van der Waals surface area contributed by atoms with Crippen molar-refractivity contribution in [3.8, 4) is 17.2 Å². The summed E-state index contributed by atoms with van der Waals surface area (Å²) in [5.74, 6) is 2.37. The van der Waals surface area contributed by atoms with Crippen molar-refractivity contribution in [3.63, 3.8) is 0 Å². The molecule has 4 heteroatoms. The molecule has 0 bridgehead atoms. The average Bonchev–Trinajstić information content (AvgIpc) is 2.73. The first-order chi connectivity index (χ1) is 13.7. The van der Waals surface area contributed by atoms with E-state index < -0.39 is 0 Å². The Hall–Kier alpha value is -2.98. The number of ether oxygens (including phenoxy) is 3. The summed E-state index contributed by atoms with van der Waals surface area (Å²) < 4.78 is 16.7. The van der Waals surface area contributed by atoms with Gasteiger partial charge in [0.25, 0.3) is 0 Å². The Morgan fingerprint density at radius 2 is 1.46 bits per heavy atom. The number of aryl methyl sites for hydroxylation is 1. The van der Waals surface area contributed by atoms with Gasteiger partial charge in [0.05, 0.1) is 14.2 Å². The van der Waals surface area contributed by atoms with Crippen molar-refractivity contribution in [1.82, 2.24) is 5.32 Å². The molecule has 0 aliphatic heterocycles. The molecule has 0 amide bonds. The van der Waals surface area contributed by atoms with Crippen LogP contribution in [0.3, 0.4) is 0 Å². The third-order valence-corrected chi connectivity index (χ3v) is 4.52. The Kier molecular flexibility index (Phi) is 6.93. The lowest BCUT2D eigenvalue weighted by Gasteiger charge is -2.13. The van der Waals surface area contributed by atoms with Gasteiger partial charge in [0.2, 0.25) is 0 Å². The average molecular weight is 377 g/mol. The summed E-state index contributed by atoms with van der Waals surface area (Å²) in [6.07, 6.45) is 0. The fraction of sp³-hybridized carbons (Fsp3) is 0.250. The van der Waals surface area contributed by atoms with Crippen LogP contribution in [-0.4, -0.2) is 14.2 Å². The molecule has 4 nitrogen and oxygen atoms in total. The van der Waals surface area contributed by atoms with Crippen LogP contribution in [0.5, 0.6) is 17.2 Å². The monoisotopic (exact) mass is 377 g/mol. The van der Waals surface area contributed by atoms with Gasteiger partial charge in [-0.1, -0.05) is 48.0 Å². The second kappa shape index (κ2) is 9.81. The van der Waals surface area contributed by atoms with Gasteiger partial charge in [-0.2, -0.15) is 0 Å². The van der Waals surface area contributed by atoms with Crippen LogP contribution in [0.1, 0.15) is 22.3 Å². The summed E-state index contributed by atoms with van der Waals surface area (Å²) >= 11 is 0. The van der Waals surface area contributed by atoms with Crippen molar-refractivity contribution in [2.75, 3.05) is 14.2 Å².